The van der Waals surface area contributed by atoms with E-state index < -0.39 is 0 Å². The largest absolute Gasteiger partial charge is 0.449 e. The molecule has 4 rings (SSSR count). The van der Waals surface area contributed by atoms with Crippen molar-refractivity contribution in [3.05, 3.63) is 69.7 Å². The molecule has 0 radical (unpaired) electrons. The minimum atomic E-state index is -0.324. The van der Waals surface area contributed by atoms with Crippen LogP contribution in [-0.2, 0) is 11.3 Å². The number of fused-ring (bicyclic) bond motifs is 3. The number of hydrogen-bond acceptors (Lipinski definition) is 4. The lowest BCUT2D eigenvalue weighted by Gasteiger charge is -2.13. The van der Waals surface area contributed by atoms with Crippen LogP contribution in [-0.4, -0.2) is 29.5 Å². The van der Waals surface area contributed by atoms with Crippen molar-refractivity contribution in [3.63, 3.8) is 0 Å². The first-order valence-electron chi connectivity index (χ1n) is 8.77. The number of likely N-dealkylation sites (N-methyl/N-ethyl adjacent to an activating group) is 1. The molecular weight excluding hydrogens is 380 g/mol. The summed E-state index contributed by atoms with van der Waals surface area (Å²) in [5.74, 6) is 0.359. The molecule has 0 bridgehead atoms. The molecule has 28 heavy (non-hydrogen) atoms. The number of aromatic nitrogens is 2. The summed E-state index contributed by atoms with van der Waals surface area (Å²) in [6.45, 7) is 0.606. The lowest BCUT2D eigenvalue weighted by molar-refractivity contribution is -0.885. The lowest BCUT2D eigenvalue weighted by atomic mass is 10.2. The van der Waals surface area contributed by atoms with Gasteiger partial charge in [-0.3, -0.25) is 9.59 Å². The predicted octanol–water partition coefficient (Wildman–Crippen LogP) is 1.98. The molecule has 0 aliphatic heterocycles. The number of carbonyl (C=O) groups excluding carboxylic acids is 1. The number of benzene rings is 2. The molecule has 0 fully saturated rings. The summed E-state index contributed by atoms with van der Waals surface area (Å²) in [5, 5.41) is 4.22. The molecule has 7 nitrogen and oxygen atoms in total. The number of furan rings is 1. The third-order valence-electron chi connectivity index (χ3n) is 4.34. The molecule has 0 aliphatic carbocycles. The van der Waals surface area contributed by atoms with Crippen molar-refractivity contribution in [2.75, 3.05) is 18.9 Å². The van der Waals surface area contributed by atoms with Gasteiger partial charge in [-0.2, -0.15) is 0 Å². The maximum absolute atomic E-state index is 12.4. The fourth-order valence-corrected chi connectivity index (χ4v) is 3.22. The summed E-state index contributed by atoms with van der Waals surface area (Å²) >= 11 is 5.85. The molecule has 0 saturated heterocycles. The third-order valence-corrected chi connectivity index (χ3v) is 4.59. The van der Waals surface area contributed by atoms with Gasteiger partial charge >= 0.3 is 0 Å². The van der Waals surface area contributed by atoms with Crippen molar-refractivity contribution < 1.29 is 14.1 Å². The molecule has 2 aromatic heterocycles. The number of H-pyrrole nitrogens is 1. The van der Waals surface area contributed by atoms with Crippen LogP contribution < -0.4 is 15.8 Å². The predicted molar refractivity (Wildman–Crippen MR) is 108 cm³/mol. The molecule has 2 aromatic carbocycles. The third kappa shape index (κ3) is 3.76. The van der Waals surface area contributed by atoms with Crippen molar-refractivity contribution in [2.45, 2.75) is 6.54 Å². The zero-order valence-corrected chi connectivity index (χ0v) is 15.8. The number of halogens is 1. The van der Waals surface area contributed by atoms with Gasteiger partial charge in [0.2, 0.25) is 5.58 Å². The van der Waals surface area contributed by atoms with Gasteiger partial charge in [-0.15, -0.1) is 0 Å². The molecule has 1 amide bonds. The van der Waals surface area contributed by atoms with Crippen LogP contribution in [0.2, 0.25) is 5.02 Å². The van der Waals surface area contributed by atoms with E-state index in [-0.39, 0.29) is 23.6 Å². The van der Waals surface area contributed by atoms with E-state index in [4.69, 9.17) is 16.0 Å². The van der Waals surface area contributed by atoms with Crippen LogP contribution >= 0.6 is 11.6 Å². The van der Waals surface area contributed by atoms with Gasteiger partial charge < -0.3 is 19.6 Å². The molecule has 1 unspecified atom stereocenters. The van der Waals surface area contributed by atoms with E-state index in [1.807, 2.05) is 25.2 Å². The monoisotopic (exact) mass is 397 g/mol. The summed E-state index contributed by atoms with van der Waals surface area (Å²) in [6.07, 6.45) is 0. The molecular formula is C20H18ClN4O3+. The Kier molecular flexibility index (Phi) is 4.85. The summed E-state index contributed by atoms with van der Waals surface area (Å²) in [7, 11) is 1.86. The average Bonchev–Trinajstić information content (AvgIpc) is 3.03. The Morgan fingerprint density at radius 2 is 1.96 bits per heavy atom. The zero-order chi connectivity index (χ0) is 19.7. The lowest BCUT2D eigenvalue weighted by Crippen LogP contribution is -3.08. The fourth-order valence-electron chi connectivity index (χ4n) is 3.09. The molecule has 0 spiro atoms. The standard InChI is InChI=1S/C20H17ClN4O3/c1-25(11-17(26)22-13-8-6-12(21)7-9-13)10-16-23-18-14-4-2-3-5-15(14)28-19(18)20(27)24-16/h2-9H,10-11H2,1H3,(H,22,26)(H,23,24,27)/p+1. The van der Waals surface area contributed by atoms with E-state index in [0.29, 0.717) is 34.2 Å². The highest BCUT2D eigenvalue weighted by atomic mass is 35.5. The second-order valence-electron chi connectivity index (χ2n) is 6.65. The quantitative estimate of drug-likeness (QED) is 0.480. The Morgan fingerprint density at radius 1 is 1.21 bits per heavy atom. The number of para-hydroxylation sites is 1. The van der Waals surface area contributed by atoms with E-state index in [2.05, 4.69) is 15.3 Å². The van der Waals surface area contributed by atoms with Crippen molar-refractivity contribution >= 4 is 45.3 Å². The van der Waals surface area contributed by atoms with Crippen LogP contribution in [0.3, 0.4) is 0 Å². The highest BCUT2D eigenvalue weighted by Crippen LogP contribution is 2.24. The van der Waals surface area contributed by atoms with Crippen molar-refractivity contribution in [3.8, 4) is 0 Å². The summed E-state index contributed by atoms with van der Waals surface area (Å²) in [6, 6.07) is 14.3. The molecule has 4 aromatic rings. The Morgan fingerprint density at radius 3 is 2.75 bits per heavy atom. The van der Waals surface area contributed by atoms with E-state index in [9.17, 15) is 9.59 Å². The zero-order valence-electron chi connectivity index (χ0n) is 15.1. The Hall–Kier alpha value is -3.16. The van der Waals surface area contributed by atoms with Gasteiger partial charge in [-0.25, -0.2) is 4.98 Å². The second kappa shape index (κ2) is 7.46. The molecule has 8 heteroatoms. The summed E-state index contributed by atoms with van der Waals surface area (Å²) < 4.78 is 5.60. The number of nitrogens with one attached hydrogen (secondary N) is 3. The van der Waals surface area contributed by atoms with Gasteiger partial charge in [0.05, 0.1) is 7.05 Å². The molecule has 2 heterocycles. The van der Waals surface area contributed by atoms with Crippen LogP contribution in [0.15, 0.2) is 57.7 Å². The van der Waals surface area contributed by atoms with E-state index in [1.54, 1.807) is 30.3 Å². The number of nitrogens with zero attached hydrogens (tertiary/aromatic N) is 1. The van der Waals surface area contributed by atoms with Crippen LogP contribution in [0.25, 0.3) is 22.1 Å². The molecule has 1 atom stereocenters. The van der Waals surface area contributed by atoms with Crippen LogP contribution in [0.5, 0.6) is 0 Å². The van der Waals surface area contributed by atoms with Crippen molar-refractivity contribution in [1.82, 2.24) is 9.97 Å². The highest BCUT2D eigenvalue weighted by molar-refractivity contribution is 6.30. The summed E-state index contributed by atoms with van der Waals surface area (Å²) in [4.78, 5) is 32.8. The van der Waals surface area contributed by atoms with Gasteiger partial charge in [0.25, 0.3) is 11.5 Å². The smallest absolute Gasteiger partial charge is 0.294 e. The van der Waals surface area contributed by atoms with Gasteiger partial charge in [0.1, 0.15) is 17.6 Å². The first kappa shape index (κ1) is 18.2. The van der Waals surface area contributed by atoms with Gasteiger partial charge in [0.15, 0.2) is 12.4 Å². The van der Waals surface area contributed by atoms with Crippen LogP contribution in [0.4, 0.5) is 5.69 Å². The fraction of sp³-hybridized carbons (Fsp3) is 0.150. The number of aromatic amines is 1. The summed E-state index contributed by atoms with van der Waals surface area (Å²) in [5.41, 5.74) is 1.72. The molecule has 0 aliphatic rings. The maximum Gasteiger partial charge on any atom is 0.294 e. The Bertz CT molecular complexity index is 1210. The number of carbonyl (C=O) groups is 1. The number of amides is 1. The Labute approximate surface area is 164 Å². The Balaban J connectivity index is 1.49. The van der Waals surface area contributed by atoms with Gasteiger partial charge in [0, 0.05) is 16.1 Å². The minimum absolute atomic E-state index is 0.142. The SMILES string of the molecule is C[NH+](CC(=O)Nc1ccc(Cl)cc1)Cc1nc2c(oc3ccccc32)c(=O)[nH]1. The van der Waals surface area contributed by atoms with E-state index in [0.717, 1.165) is 10.3 Å². The first-order valence-corrected chi connectivity index (χ1v) is 9.14. The van der Waals surface area contributed by atoms with Gasteiger partial charge in [-0.1, -0.05) is 23.7 Å². The van der Waals surface area contributed by atoms with Gasteiger partial charge in [-0.05, 0) is 36.4 Å². The first-order chi connectivity index (χ1) is 13.5. The van der Waals surface area contributed by atoms with Crippen molar-refractivity contribution in [1.29, 1.82) is 0 Å². The molecule has 3 N–H and O–H groups in total. The number of hydrogen-bond donors (Lipinski definition) is 3. The van der Waals surface area contributed by atoms with E-state index >= 15 is 0 Å². The topological polar surface area (TPSA) is 92.4 Å². The number of rotatable bonds is 5. The van der Waals surface area contributed by atoms with Crippen LogP contribution in [0.1, 0.15) is 5.82 Å². The highest BCUT2D eigenvalue weighted by Gasteiger charge is 2.16. The average molecular weight is 398 g/mol. The normalized spacial score (nSPS) is 12.4. The molecule has 142 valence electrons. The van der Waals surface area contributed by atoms with Crippen molar-refractivity contribution in [2.24, 2.45) is 0 Å². The van der Waals surface area contributed by atoms with Crippen LogP contribution in [0, 0.1) is 0 Å². The van der Waals surface area contributed by atoms with E-state index in [1.165, 1.54) is 0 Å². The number of anilines is 1. The molecule has 0 saturated carbocycles. The second-order valence-corrected chi connectivity index (χ2v) is 7.09. The number of quaternary nitrogens is 1. The maximum atomic E-state index is 12.4. The minimum Gasteiger partial charge on any atom is -0.449 e.